The third-order valence-electron chi connectivity index (χ3n) is 2.88. The molecule has 1 fully saturated rings. The van der Waals surface area contributed by atoms with Crippen molar-refractivity contribution in [3.05, 3.63) is 29.8 Å². The number of alkyl halides is 3. The molecule has 0 atom stereocenters. The van der Waals surface area contributed by atoms with Gasteiger partial charge in [-0.2, -0.15) is 13.2 Å². The lowest BCUT2D eigenvalue weighted by Crippen LogP contribution is -2.27. The molecule has 1 saturated heterocycles. The maximum Gasteiger partial charge on any atom is 0.416 e. The molecule has 1 heterocycles. The van der Waals surface area contributed by atoms with Crippen molar-refractivity contribution in [2.45, 2.75) is 6.18 Å². The van der Waals surface area contributed by atoms with Crippen molar-refractivity contribution >= 4 is 11.6 Å². The summed E-state index contributed by atoms with van der Waals surface area (Å²) in [6.45, 7) is 1.74. The van der Waals surface area contributed by atoms with Gasteiger partial charge in [-0.25, -0.2) is 4.99 Å². The van der Waals surface area contributed by atoms with Gasteiger partial charge in [-0.15, -0.1) is 0 Å². The van der Waals surface area contributed by atoms with Crippen molar-refractivity contribution in [1.29, 1.82) is 0 Å². The molecule has 2 rings (SSSR count). The van der Waals surface area contributed by atoms with Gasteiger partial charge in [0.1, 0.15) is 0 Å². The van der Waals surface area contributed by atoms with E-state index in [1.807, 2.05) is 23.9 Å². The van der Waals surface area contributed by atoms with Gasteiger partial charge in [0.15, 0.2) is 0 Å². The number of hydrogen-bond acceptors (Lipinski definition) is 1. The summed E-state index contributed by atoms with van der Waals surface area (Å²) in [4.78, 5) is 8.28. The van der Waals surface area contributed by atoms with Gasteiger partial charge in [0.25, 0.3) is 0 Å². The number of aliphatic imine (C=N–C) groups is 1. The smallest absolute Gasteiger partial charge is 0.344 e. The van der Waals surface area contributed by atoms with Crippen LogP contribution in [0.5, 0.6) is 0 Å². The Labute approximate surface area is 104 Å². The van der Waals surface area contributed by atoms with Gasteiger partial charge in [0, 0.05) is 27.2 Å². The van der Waals surface area contributed by atoms with Gasteiger partial charge in [0.2, 0.25) is 5.96 Å². The maximum absolute atomic E-state index is 12.4. The number of benzene rings is 1. The highest BCUT2D eigenvalue weighted by Gasteiger charge is 2.30. The van der Waals surface area contributed by atoms with Crippen LogP contribution in [0.2, 0.25) is 0 Å². The van der Waals surface area contributed by atoms with E-state index < -0.39 is 11.7 Å². The Morgan fingerprint density at radius 1 is 1.00 bits per heavy atom. The number of guanidine groups is 1. The van der Waals surface area contributed by atoms with Crippen molar-refractivity contribution < 1.29 is 13.2 Å². The maximum atomic E-state index is 12.4. The predicted octanol–water partition coefficient (Wildman–Crippen LogP) is 2.57. The minimum Gasteiger partial charge on any atom is -0.344 e. The molecule has 1 aliphatic rings. The standard InChI is InChI=1S/C12H14F3N3/c1-17-7-8-18(2)11(17)16-10-5-3-9(4-6-10)12(13,14)15/h3-6H,7-8H2,1-2H3. The van der Waals surface area contributed by atoms with E-state index in [0.717, 1.165) is 31.2 Å². The largest absolute Gasteiger partial charge is 0.416 e. The summed E-state index contributed by atoms with van der Waals surface area (Å²) in [7, 11) is 3.82. The molecule has 0 N–H and O–H groups in total. The van der Waals surface area contributed by atoms with E-state index in [1.165, 1.54) is 12.1 Å². The molecule has 0 aliphatic carbocycles. The zero-order chi connectivity index (χ0) is 13.3. The second kappa shape index (κ2) is 4.51. The molecule has 1 aliphatic heterocycles. The van der Waals surface area contributed by atoms with E-state index in [2.05, 4.69) is 4.99 Å². The topological polar surface area (TPSA) is 18.8 Å². The number of nitrogens with zero attached hydrogens (tertiary/aromatic N) is 3. The molecule has 1 aromatic rings. The molecular weight excluding hydrogens is 243 g/mol. The zero-order valence-corrected chi connectivity index (χ0v) is 10.2. The molecular formula is C12H14F3N3. The minimum absolute atomic E-state index is 0.526. The number of hydrogen-bond donors (Lipinski definition) is 0. The summed E-state index contributed by atoms with van der Waals surface area (Å²) in [5.41, 5.74) is -0.127. The minimum atomic E-state index is -4.30. The van der Waals surface area contributed by atoms with Crippen LogP contribution in [0, 0.1) is 0 Å². The van der Waals surface area contributed by atoms with Gasteiger partial charge in [-0.3, -0.25) is 0 Å². The van der Waals surface area contributed by atoms with Crippen LogP contribution in [-0.2, 0) is 6.18 Å². The summed E-state index contributed by atoms with van der Waals surface area (Å²) >= 11 is 0. The van der Waals surface area contributed by atoms with Crippen LogP contribution in [-0.4, -0.2) is 42.9 Å². The Hall–Kier alpha value is -1.72. The fourth-order valence-corrected chi connectivity index (χ4v) is 1.80. The van der Waals surface area contributed by atoms with E-state index in [0.29, 0.717) is 5.69 Å². The molecule has 0 amide bonds. The molecule has 0 radical (unpaired) electrons. The molecule has 98 valence electrons. The Morgan fingerprint density at radius 2 is 1.50 bits per heavy atom. The molecule has 0 aromatic heterocycles. The van der Waals surface area contributed by atoms with Crippen LogP contribution in [0.4, 0.5) is 18.9 Å². The highest BCUT2D eigenvalue weighted by molar-refractivity contribution is 5.84. The Balaban J connectivity index is 2.23. The highest BCUT2D eigenvalue weighted by Crippen LogP contribution is 2.30. The Kier molecular flexibility index (Phi) is 3.19. The lowest BCUT2D eigenvalue weighted by atomic mass is 10.2. The first-order valence-electron chi connectivity index (χ1n) is 5.56. The van der Waals surface area contributed by atoms with Crippen molar-refractivity contribution in [3.63, 3.8) is 0 Å². The predicted molar refractivity (Wildman–Crippen MR) is 63.8 cm³/mol. The monoisotopic (exact) mass is 257 g/mol. The van der Waals surface area contributed by atoms with Gasteiger partial charge in [-0.1, -0.05) is 0 Å². The van der Waals surface area contributed by atoms with Crippen LogP contribution in [0.15, 0.2) is 29.3 Å². The third-order valence-corrected chi connectivity index (χ3v) is 2.88. The first-order chi connectivity index (χ1) is 8.38. The normalized spacial score (nSPS) is 16.4. The molecule has 3 nitrogen and oxygen atoms in total. The summed E-state index contributed by atoms with van der Waals surface area (Å²) in [5, 5.41) is 0. The second-order valence-corrected chi connectivity index (χ2v) is 4.30. The average molecular weight is 257 g/mol. The quantitative estimate of drug-likeness (QED) is 0.770. The van der Waals surface area contributed by atoms with Gasteiger partial charge >= 0.3 is 6.18 Å². The van der Waals surface area contributed by atoms with Crippen molar-refractivity contribution in [1.82, 2.24) is 9.80 Å². The first kappa shape index (κ1) is 12.7. The Morgan fingerprint density at radius 3 is 1.94 bits per heavy atom. The fourth-order valence-electron chi connectivity index (χ4n) is 1.80. The van der Waals surface area contributed by atoms with Gasteiger partial charge < -0.3 is 9.80 Å². The molecule has 18 heavy (non-hydrogen) atoms. The van der Waals surface area contributed by atoms with Crippen molar-refractivity contribution in [2.24, 2.45) is 4.99 Å². The summed E-state index contributed by atoms with van der Waals surface area (Å²) in [5.74, 6) is 0.773. The molecule has 0 spiro atoms. The van der Waals surface area contributed by atoms with E-state index >= 15 is 0 Å². The Bertz CT molecular complexity index is 439. The van der Waals surface area contributed by atoms with Crippen LogP contribution in [0.1, 0.15) is 5.56 Å². The highest BCUT2D eigenvalue weighted by atomic mass is 19.4. The van der Waals surface area contributed by atoms with Crippen molar-refractivity contribution in [3.8, 4) is 0 Å². The van der Waals surface area contributed by atoms with E-state index in [-0.39, 0.29) is 0 Å². The fraction of sp³-hybridized carbons (Fsp3) is 0.417. The number of likely N-dealkylation sites (N-methyl/N-ethyl adjacent to an activating group) is 2. The van der Waals surface area contributed by atoms with E-state index in [4.69, 9.17) is 0 Å². The second-order valence-electron chi connectivity index (χ2n) is 4.30. The van der Waals surface area contributed by atoms with E-state index in [9.17, 15) is 13.2 Å². The van der Waals surface area contributed by atoms with Crippen molar-refractivity contribution in [2.75, 3.05) is 27.2 Å². The lowest BCUT2D eigenvalue weighted by Gasteiger charge is -2.15. The van der Waals surface area contributed by atoms with Crippen LogP contribution >= 0.6 is 0 Å². The van der Waals surface area contributed by atoms with Gasteiger partial charge in [-0.05, 0) is 24.3 Å². The lowest BCUT2D eigenvalue weighted by molar-refractivity contribution is -0.137. The number of halogens is 3. The van der Waals surface area contributed by atoms with Crippen LogP contribution in [0.25, 0.3) is 0 Å². The number of rotatable bonds is 1. The molecule has 6 heteroatoms. The SMILES string of the molecule is CN1CCN(C)C1=Nc1ccc(C(F)(F)F)cc1. The molecule has 0 saturated carbocycles. The average Bonchev–Trinajstić information content (AvgIpc) is 2.60. The van der Waals surface area contributed by atoms with Crippen LogP contribution in [0.3, 0.4) is 0 Å². The molecule has 0 unspecified atom stereocenters. The van der Waals surface area contributed by atoms with Crippen LogP contribution < -0.4 is 0 Å². The zero-order valence-electron chi connectivity index (χ0n) is 10.2. The van der Waals surface area contributed by atoms with Gasteiger partial charge in [0.05, 0.1) is 11.3 Å². The van der Waals surface area contributed by atoms with E-state index in [1.54, 1.807) is 0 Å². The summed E-state index contributed by atoms with van der Waals surface area (Å²) < 4.78 is 37.2. The summed E-state index contributed by atoms with van der Waals surface area (Å²) in [6.07, 6.45) is -4.30. The summed E-state index contributed by atoms with van der Waals surface area (Å²) in [6, 6.07) is 4.87. The first-order valence-corrected chi connectivity index (χ1v) is 5.56. The molecule has 0 bridgehead atoms. The molecule has 1 aromatic carbocycles. The third kappa shape index (κ3) is 2.57.